The first-order valence-electron chi connectivity index (χ1n) is 7.61. The fourth-order valence-corrected chi connectivity index (χ4v) is 4.47. The van der Waals surface area contributed by atoms with Crippen LogP contribution in [-0.4, -0.2) is 43.4 Å². The minimum absolute atomic E-state index is 0.119. The summed E-state index contributed by atoms with van der Waals surface area (Å²) in [5.74, 6) is 1.51. The lowest BCUT2D eigenvalue weighted by Crippen LogP contribution is -2.58. The zero-order valence-corrected chi connectivity index (χ0v) is 12.7. The second-order valence-electron chi connectivity index (χ2n) is 6.44. The SMILES string of the molecule is COc1ccc2c(c1)[C@]1(CCO)CCN(C)[C@@H](C2)[C@H]1C. The molecule has 1 aliphatic carbocycles. The molecule has 0 amide bonds. The zero-order valence-electron chi connectivity index (χ0n) is 12.7. The molecular weight excluding hydrogens is 250 g/mol. The van der Waals surface area contributed by atoms with Crippen LogP contribution in [0.25, 0.3) is 0 Å². The molecule has 0 aromatic heterocycles. The van der Waals surface area contributed by atoms with E-state index in [1.165, 1.54) is 11.1 Å². The third-order valence-electron chi connectivity index (χ3n) is 5.77. The number of likely N-dealkylation sites (N-methyl/N-ethyl adjacent to an activating group) is 1. The van der Waals surface area contributed by atoms with Crippen LogP contribution >= 0.6 is 0 Å². The molecule has 1 N–H and O–H groups in total. The Morgan fingerprint density at radius 1 is 1.45 bits per heavy atom. The van der Waals surface area contributed by atoms with Gasteiger partial charge in [0.05, 0.1) is 7.11 Å². The minimum atomic E-state index is 0.119. The van der Waals surface area contributed by atoms with Crippen molar-refractivity contribution >= 4 is 0 Å². The standard InChI is InChI=1S/C17H25NO2/c1-12-16-10-13-4-5-14(20-3)11-15(13)17(12,7-9-19)6-8-18(16)2/h4-5,11-12,16,19H,6-10H2,1-3H3/t12-,16+,17+/m1/s1. The van der Waals surface area contributed by atoms with Gasteiger partial charge in [-0.05, 0) is 62.0 Å². The van der Waals surface area contributed by atoms with Crippen LogP contribution in [0.1, 0.15) is 30.9 Å². The van der Waals surface area contributed by atoms with E-state index >= 15 is 0 Å². The third-order valence-corrected chi connectivity index (χ3v) is 5.77. The van der Waals surface area contributed by atoms with Crippen molar-refractivity contribution < 1.29 is 9.84 Å². The van der Waals surface area contributed by atoms with E-state index in [4.69, 9.17) is 4.74 Å². The molecule has 3 nitrogen and oxygen atoms in total. The highest BCUT2D eigenvalue weighted by Gasteiger charge is 2.49. The molecular formula is C17H25NO2. The van der Waals surface area contributed by atoms with Gasteiger partial charge in [0.25, 0.3) is 0 Å². The van der Waals surface area contributed by atoms with Crippen molar-refractivity contribution in [1.82, 2.24) is 4.90 Å². The monoisotopic (exact) mass is 275 g/mol. The molecule has 110 valence electrons. The van der Waals surface area contributed by atoms with Crippen molar-refractivity contribution in [2.45, 2.75) is 37.6 Å². The van der Waals surface area contributed by atoms with Crippen LogP contribution in [0.2, 0.25) is 0 Å². The van der Waals surface area contributed by atoms with Gasteiger partial charge < -0.3 is 14.7 Å². The third kappa shape index (κ3) is 1.87. The van der Waals surface area contributed by atoms with Crippen LogP contribution < -0.4 is 4.74 Å². The van der Waals surface area contributed by atoms with E-state index in [1.54, 1.807) is 7.11 Å². The van der Waals surface area contributed by atoms with Crippen LogP contribution in [-0.2, 0) is 11.8 Å². The summed E-state index contributed by atoms with van der Waals surface area (Å²) in [6.07, 6.45) is 3.10. The molecule has 1 aromatic rings. The van der Waals surface area contributed by atoms with Crippen LogP contribution in [0.4, 0.5) is 0 Å². The van der Waals surface area contributed by atoms with Crippen molar-refractivity contribution in [2.24, 2.45) is 5.92 Å². The first-order valence-corrected chi connectivity index (χ1v) is 7.61. The first kappa shape index (κ1) is 13.9. The molecule has 0 radical (unpaired) electrons. The van der Waals surface area contributed by atoms with Crippen molar-refractivity contribution in [2.75, 3.05) is 27.3 Å². The highest BCUT2D eigenvalue weighted by Crippen LogP contribution is 2.51. The molecule has 1 heterocycles. The summed E-state index contributed by atoms with van der Waals surface area (Å²) in [4.78, 5) is 2.49. The highest BCUT2D eigenvalue weighted by atomic mass is 16.5. The lowest BCUT2D eigenvalue weighted by atomic mass is 9.56. The number of ether oxygens (including phenoxy) is 1. The first-order chi connectivity index (χ1) is 9.62. The summed E-state index contributed by atoms with van der Waals surface area (Å²) in [7, 11) is 3.96. The van der Waals surface area contributed by atoms with Crippen LogP contribution in [0, 0.1) is 5.92 Å². The summed E-state index contributed by atoms with van der Waals surface area (Å²) in [6.45, 7) is 3.74. The van der Waals surface area contributed by atoms with Gasteiger partial charge in [-0.1, -0.05) is 13.0 Å². The van der Waals surface area contributed by atoms with Crippen molar-refractivity contribution in [3.63, 3.8) is 0 Å². The number of likely N-dealkylation sites (tertiary alicyclic amines) is 1. The topological polar surface area (TPSA) is 32.7 Å². The van der Waals surface area contributed by atoms with Gasteiger partial charge in [0.15, 0.2) is 0 Å². The summed E-state index contributed by atoms with van der Waals surface area (Å²) in [6, 6.07) is 7.09. The Labute approximate surface area is 121 Å². The molecule has 3 heteroatoms. The smallest absolute Gasteiger partial charge is 0.119 e. The van der Waals surface area contributed by atoms with Gasteiger partial charge >= 0.3 is 0 Å². The molecule has 0 unspecified atom stereocenters. The Kier molecular flexibility index (Phi) is 3.51. The number of aliphatic hydroxyl groups is 1. The van der Waals surface area contributed by atoms with Gasteiger partial charge in [0, 0.05) is 18.1 Å². The molecule has 2 aliphatic rings. The maximum Gasteiger partial charge on any atom is 0.119 e. The molecule has 0 spiro atoms. The van der Waals surface area contributed by atoms with Crippen molar-refractivity contribution in [3.05, 3.63) is 29.3 Å². The van der Waals surface area contributed by atoms with E-state index in [2.05, 4.69) is 37.1 Å². The van der Waals surface area contributed by atoms with E-state index in [0.717, 1.165) is 31.6 Å². The quantitative estimate of drug-likeness (QED) is 0.918. The number of fused-ring (bicyclic) bond motifs is 4. The molecule has 1 aromatic carbocycles. The van der Waals surface area contributed by atoms with E-state index < -0.39 is 0 Å². The lowest BCUT2D eigenvalue weighted by molar-refractivity contribution is 0.0265. The van der Waals surface area contributed by atoms with E-state index in [1.807, 2.05) is 0 Å². The Bertz CT molecular complexity index is 502. The molecule has 1 aliphatic heterocycles. The van der Waals surface area contributed by atoms with E-state index in [9.17, 15) is 5.11 Å². The average molecular weight is 275 g/mol. The molecule has 3 rings (SSSR count). The number of hydrogen-bond acceptors (Lipinski definition) is 3. The summed E-state index contributed by atoms with van der Waals surface area (Å²) in [5.41, 5.74) is 2.98. The predicted molar refractivity (Wildman–Crippen MR) is 80.3 cm³/mol. The Morgan fingerprint density at radius 2 is 2.25 bits per heavy atom. The Hall–Kier alpha value is -1.06. The number of methoxy groups -OCH3 is 1. The van der Waals surface area contributed by atoms with Crippen LogP contribution in [0.15, 0.2) is 18.2 Å². The number of hydrogen-bond donors (Lipinski definition) is 1. The summed E-state index contributed by atoms with van der Waals surface area (Å²) >= 11 is 0. The van der Waals surface area contributed by atoms with Gasteiger partial charge in [-0.15, -0.1) is 0 Å². The number of benzene rings is 1. The minimum Gasteiger partial charge on any atom is -0.497 e. The van der Waals surface area contributed by atoms with Crippen molar-refractivity contribution in [1.29, 1.82) is 0 Å². The fourth-order valence-electron chi connectivity index (χ4n) is 4.47. The average Bonchev–Trinajstić information content (AvgIpc) is 2.46. The number of rotatable bonds is 3. The predicted octanol–water partition coefficient (Wildman–Crippen LogP) is 2.21. The maximum atomic E-state index is 9.62. The Balaban J connectivity index is 2.14. The van der Waals surface area contributed by atoms with Gasteiger partial charge in [-0.25, -0.2) is 0 Å². The van der Waals surface area contributed by atoms with Gasteiger partial charge in [0.2, 0.25) is 0 Å². The van der Waals surface area contributed by atoms with Crippen LogP contribution in [0.3, 0.4) is 0 Å². The Morgan fingerprint density at radius 3 is 2.95 bits per heavy atom. The maximum absolute atomic E-state index is 9.62. The molecule has 1 saturated heterocycles. The molecule has 20 heavy (non-hydrogen) atoms. The molecule has 2 bridgehead atoms. The molecule has 0 saturated carbocycles. The number of nitrogens with zero attached hydrogens (tertiary/aromatic N) is 1. The van der Waals surface area contributed by atoms with Gasteiger partial charge in [0.1, 0.15) is 5.75 Å². The largest absolute Gasteiger partial charge is 0.497 e. The number of piperidine rings is 1. The summed E-state index contributed by atoms with van der Waals surface area (Å²) < 4.78 is 5.42. The van der Waals surface area contributed by atoms with Gasteiger partial charge in [-0.3, -0.25) is 0 Å². The highest BCUT2D eigenvalue weighted by molar-refractivity contribution is 5.45. The zero-order chi connectivity index (χ0) is 14.3. The lowest BCUT2D eigenvalue weighted by Gasteiger charge is -2.55. The van der Waals surface area contributed by atoms with Crippen LogP contribution in [0.5, 0.6) is 5.75 Å². The second-order valence-corrected chi connectivity index (χ2v) is 6.44. The molecule has 3 atom stereocenters. The van der Waals surface area contributed by atoms with Crippen molar-refractivity contribution in [3.8, 4) is 5.75 Å². The number of aliphatic hydroxyl groups excluding tert-OH is 1. The fraction of sp³-hybridized carbons (Fsp3) is 0.647. The normalized spacial score (nSPS) is 32.8. The summed E-state index contributed by atoms with van der Waals surface area (Å²) in [5, 5.41) is 9.62. The molecule has 1 fully saturated rings. The van der Waals surface area contributed by atoms with E-state index in [-0.39, 0.29) is 12.0 Å². The second kappa shape index (κ2) is 5.05. The van der Waals surface area contributed by atoms with E-state index in [0.29, 0.717) is 12.0 Å². The van der Waals surface area contributed by atoms with Gasteiger partial charge in [-0.2, -0.15) is 0 Å².